The number of hydrogen-bond donors (Lipinski definition) is 1. The largest absolute Gasteiger partial charge is 0.385 e. The Labute approximate surface area is 85.1 Å². The monoisotopic (exact) mass is 197 g/mol. The summed E-state index contributed by atoms with van der Waals surface area (Å²) in [5, 5.41) is 0. The number of nitrogens with two attached hydrogens (primary N) is 1. The molecule has 0 aromatic carbocycles. The Morgan fingerprint density at radius 1 is 1.50 bits per heavy atom. The molecule has 0 unspecified atom stereocenters. The first-order chi connectivity index (χ1) is 6.79. The molecular formula is C10H19N3O. The van der Waals surface area contributed by atoms with E-state index in [9.17, 15) is 0 Å². The van der Waals surface area contributed by atoms with Gasteiger partial charge in [0.2, 0.25) is 0 Å². The number of ether oxygens (including phenoxy) is 1. The summed E-state index contributed by atoms with van der Waals surface area (Å²) in [5.41, 5.74) is 6.72. The second kappa shape index (κ2) is 5.78. The van der Waals surface area contributed by atoms with Crippen molar-refractivity contribution in [3.63, 3.8) is 0 Å². The van der Waals surface area contributed by atoms with Gasteiger partial charge in [-0.2, -0.15) is 0 Å². The standard InChI is InChI=1S/C10H19N3O/c1-9-12-8-10(7-11)13(9)5-3-4-6-14-2/h8H,3-7,11H2,1-2H3. The molecule has 1 heterocycles. The van der Waals surface area contributed by atoms with E-state index < -0.39 is 0 Å². The van der Waals surface area contributed by atoms with E-state index >= 15 is 0 Å². The number of nitrogens with zero attached hydrogens (tertiary/aromatic N) is 2. The molecule has 0 aliphatic carbocycles. The first kappa shape index (κ1) is 11.2. The van der Waals surface area contributed by atoms with Gasteiger partial charge >= 0.3 is 0 Å². The smallest absolute Gasteiger partial charge is 0.105 e. The molecule has 4 nitrogen and oxygen atoms in total. The van der Waals surface area contributed by atoms with Crippen LogP contribution in [-0.4, -0.2) is 23.3 Å². The van der Waals surface area contributed by atoms with Crippen LogP contribution >= 0.6 is 0 Å². The van der Waals surface area contributed by atoms with Gasteiger partial charge in [-0.25, -0.2) is 4.98 Å². The molecule has 0 fully saturated rings. The Morgan fingerprint density at radius 2 is 2.29 bits per heavy atom. The summed E-state index contributed by atoms with van der Waals surface area (Å²) in [7, 11) is 1.73. The second-order valence-electron chi connectivity index (χ2n) is 3.35. The van der Waals surface area contributed by atoms with Gasteiger partial charge in [0.1, 0.15) is 5.82 Å². The molecule has 0 saturated carbocycles. The van der Waals surface area contributed by atoms with E-state index in [0.29, 0.717) is 6.54 Å². The number of rotatable bonds is 6. The molecular weight excluding hydrogens is 178 g/mol. The lowest BCUT2D eigenvalue weighted by Crippen LogP contribution is -2.09. The van der Waals surface area contributed by atoms with Crippen molar-refractivity contribution in [2.45, 2.75) is 32.9 Å². The fourth-order valence-electron chi connectivity index (χ4n) is 1.50. The summed E-state index contributed by atoms with van der Waals surface area (Å²) in [5.74, 6) is 1.04. The van der Waals surface area contributed by atoms with Crippen LogP contribution in [0, 0.1) is 6.92 Å². The first-order valence-electron chi connectivity index (χ1n) is 4.99. The Hall–Kier alpha value is -0.870. The van der Waals surface area contributed by atoms with Crippen molar-refractivity contribution < 1.29 is 4.74 Å². The van der Waals surface area contributed by atoms with E-state index in [1.807, 2.05) is 13.1 Å². The van der Waals surface area contributed by atoms with E-state index in [-0.39, 0.29) is 0 Å². The zero-order valence-corrected chi connectivity index (χ0v) is 8.99. The number of aryl methyl sites for hydroxylation is 1. The van der Waals surface area contributed by atoms with Crippen molar-refractivity contribution in [3.8, 4) is 0 Å². The van der Waals surface area contributed by atoms with Gasteiger partial charge in [-0.05, 0) is 19.8 Å². The highest BCUT2D eigenvalue weighted by Crippen LogP contribution is 2.06. The lowest BCUT2D eigenvalue weighted by atomic mass is 10.3. The quantitative estimate of drug-likeness (QED) is 0.694. The molecule has 1 rings (SSSR count). The highest BCUT2D eigenvalue weighted by atomic mass is 16.5. The number of unbranched alkanes of at least 4 members (excludes halogenated alkanes) is 1. The molecule has 4 heteroatoms. The van der Waals surface area contributed by atoms with Gasteiger partial charge in [-0.3, -0.25) is 0 Å². The Balaban J connectivity index is 2.44. The van der Waals surface area contributed by atoms with Crippen LogP contribution in [0.25, 0.3) is 0 Å². The van der Waals surface area contributed by atoms with Crippen LogP contribution < -0.4 is 5.73 Å². The average molecular weight is 197 g/mol. The molecule has 1 aromatic rings. The summed E-state index contributed by atoms with van der Waals surface area (Å²) < 4.78 is 7.17. The highest BCUT2D eigenvalue weighted by Gasteiger charge is 2.03. The SMILES string of the molecule is COCCCCn1c(CN)cnc1C. The molecule has 0 bridgehead atoms. The molecule has 2 N–H and O–H groups in total. The van der Waals surface area contributed by atoms with E-state index in [1.54, 1.807) is 7.11 Å². The van der Waals surface area contributed by atoms with Crippen molar-refractivity contribution in [1.82, 2.24) is 9.55 Å². The van der Waals surface area contributed by atoms with Crippen LogP contribution in [0.4, 0.5) is 0 Å². The fraction of sp³-hybridized carbons (Fsp3) is 0.700. The molecule has 0 atom stereocenters. The van der Waals surface area contributed by atoms with Crippen molar-refractivity contribution in [2.75, 3.05) is 13.7 Å². The lowest BCUT2D eigenvalue weighted by molar-refractivity contribution is 0.191. The molecule has 0 spiro atoms. The van der Waals surface area contributed by atoms with Gasteiger partial charge in [0.25, 0.3) is 0 Å². The summed E-state index contributed by atoms with van der Waals surface area (Å²) >= 11 is 0. The number of methoxy groups -OCH3 is 1. The highest BCUT2D eigenvalue weighted by molar-refractivity contribution is 5.03. The van der Waals surface area contributed by atoms with Gasteiger partial charge in [0, 0.05) is 33.0 Å². The van der Waals surface area contributed by atoms with E-state index in [2.05, 4.69) is 9.55 Å². The number of imidazole rings is 1. The number of aromatic nitrogens is 2. The van der Waals surface area contributed by atoms with Crippen molar-refractivity contribution in [2.24, 2.45) is 5.73 Å². The molecule has 0 saturated heterocycles. The van der Waals surface area contributed by atoms with Crippen LogP contribution in [0.2, 0.25) is 0 Å². The molecule has 1 aromatic heterocycles. The average Bonchev–Trinajstić information content (AvgIpc) is 2.55. The first-order valence-corrected chi connectivity index (χ1v) is 4.99. The maximum absolute atomic E-state index is 5.61. The van der Waals surface area contributed by atoms with Gasteiger partial charge in [-0.1, -0.05) is 0 Å². The summed E-state index contributed by atoms with van der Waals surface area (Å²) in [4.78, 5) is 4.24. The van der Waals surface area contributed by atoms with Gasteiger partial charge in [-0.15, -0.1) is 0 Å². The zero-order chi connectivity index (χ0) is 10.4. The van der Waals surface area contributed by atoms with E-state index in [1.165, 1.54) is 0 Å². The van der Waals surface area contributed by atoms with E-state index in [0.717, 1.165) is 37.5 Å². The van der Waals surface area contributed by atoms with Gasteiger partial charge < -0.3 is 15.0 Å². The third-order valence-electron chi connectivity index (χ3n) is 2.33. The predicted octanol–water partition coefficient (Wildman–Crippen LogP) is 1.08. The van der Waals surface area contributed by atoms with Crippen molar-refractivity contribution >= 4 is 0 Å². The molecule has 14 heavy (non-hydrogen) atoms. The van der Waals surface area contributed by atoms with Crippen LogP contribution in [0.1, 0.15) is 24.4 Å². The van der Waals surface area contributed by atoms with Gasteiger partial charge in [0.15, 0.2) is 0 Å². The molecule has 0 aliphatic rings. The third-order valence-corrected chi connectivity index (χ3v) is 2.33. The molecule has 0 amide bonds. The predicted molar refractivity (Wildman–Crippen MR) is 56.0 cm³/mol. The van der Waals surface area contributed by atoms with Crippen LogP contribution in [0.15, 0.2) is 6.20 Å². The molecule has 0 radical (unpaired) electrons. The molecule has 0 aliphatic heterocycles. The minimum Gasteiger partial charge on any atom is -0.385 e. The van der Waals surface area contributed by atoms with Crippen molar-refractivity contribution in [3.05, 3.63) is 17.7 Å². The summed E-state index contributed by atoms with van der Waals surface area (Å²) in [6, 6.07) is 0. The minimum atomic E-state index is 0.561. The minimum absolute atomic E-state index is 0.561. The topological polar surface area (TPSA) is 53.1 Å². The van der Waals surface area contributed by atoms with Crippen LogP contribution in [0.3, 0.4) is 0 Å². The normalized spacial score (nSPS) is 10.8. The Morgan fingerprint density at radius 3 is 2.93 bits per heavy atom. The van der Waals surface area contributed by atoms with E-state index in [4.69, 9.17) is 10.5 Å². The molecule has 80 valence electrons. The zero-order valence-electron chi connectivity index (χ0n) is 8.99. The maximum atomic E-state index is 5.61. The van der Waals surface area contributed by atoms with Crippen LogP contribution in [0.5, 0.6) is 0 Å². The Kier molecular flexibility index (Phi) is 4.62. The maximum Gasteiger partial charge on any atom is 0.105 e. The van der Waals surface area contributed by atoms with Crippen LogP contribution in [-0.2, 0) is 17.8 Å². The number of hydrogen-bond acceptors (Lipinski definition) is 3. The van der Waals surface area contributed by atoms with Crippen molar-refractivity contribution in [1.29, 1.82) is 0 Å². The summed E-state index contributed by atoms with van der Waals surface area (Å²) in [6.45, 7) is 4.38. The lowest BCUT2D eigenvalue weighted by Gasteiger charge is -2.08. The van der Waals surface area contributed by atoms with Gasteiger partial charge in [0.05, 0.1) is 5.69 Å². The summed E-state index contributed by atoms with van der Waals surface area (Å²) in [6.07, 6.45) is 4.04. The third kappa shape index (κ3) is 2.82. The second-order valence-corrected chi connectivity index (χ2v) is 3.35. The Bertz CT molecular complexity index is 270. The fourth-order valence-corrected chi connectivity index (χ4v) is 1.50.